The van der Waals surface area contributed by atoms with Crippen LogP contribution in [0, 0.1) is 5.41 Å². The zero-order valence-electron chi connectivity index (χ0n) is 18.9. The van der Waals surface area contributed by atoms with Crippen LogP contribution in [0.4, 0.5) is 0 Å². The third-order valence-electron chi connectivity index (χ3n) is 5.82. The van der Waals surface area contributed by atoms with E-state index in [4.69, 9.17) is 9.47 Å². The van der Waals surface area contributed by atoms with Crippen molar-refractivity contribution < 1.29 is 9.47 Å². The normalized spacial score (nSPS) is 17.9. The molecule has 0 radical (unpaired) electrons. The molecule has 0 atom stereocenters. The molecule has 28 heavy (non-hydrogen) atoms. The molecule has 1 aliphatic carbocycles. The van der Waals surface area contributed by atoms with E-state index in [1.165, 1.54) is 11.3 Å². The molecule has 1 heterocycles. The Bertz CT molecular complexity index is 536. The number of hydrogen-bond donors (Lipinski definition) is 2. The Morgan fingerprint density at radius 3 is 2.32 bits per heavy atom. The molecule has 6 nitrogen and oxygen atoms in total. The van der Waals surface area contributed by atoms with E-state index in [2.05, 4.69) is 61.4 Å². The molecular weight excluding hydrogens is 352 g/mol. The highest BCUT2D eigenvalue weighted by molar-refractivity contribution is 5.21. The fourth-order valence-electron chi connectivity index (χ4n) is 4.00. The Kier molecular flexibility index (Phi) is 9.41. The van der Waals surface area contributed by atoms with Crippen LogP contribution in [0.25, 0.3) is 0 Å². The van der Waals surface area contributed by atoms with Crippen LogP contribution in [0.2, 0.25) is 0 Å². The van der Waals surface area contributed by atoms with E-state index in [-0.39, 0.29) is 17.6 Å². The number of likely N-dealkylation sites (N-methyl/N-ethyl adjacent to an activating group) is 2. The Morgan fingerprint density at radius 1 is 1.18 bits per heavy atom. The quantitative estimate of drug-likeness (QED) is 0.568. The maximum Gasteiger partial charge on any atom is 0.0697 e. The van der Waals surface area contributed by atoms with Gasteiger partial charge in [0.25, 0.3) is 0 Å². The summed E-state index contributed by atoms with van der Waals surface area (Å²) in [5, 5.41) is 11.0. The van der Waals surface area contributed by atoms with Gasteiger partial charge in [-0.1, -0.05) is 0 Å². The predicted octanol–water partition coefficient (Wildman–Crippen LogP) is 3.55. The van der Waals surface area contributed by atoms with Crippen molar-refractivity contribution in [3.05, 3.63) is 17.5 Å². The molecule has 0 spiro atoms. The minimum absolute atomic E-state index is 0.144. The van der Waals surface area contributed by atoms with Gasteiger partial charge in [-0.15, -0.1) is 0 Å². The van der Waals surface area contributed by atoms with E-state index in [0.29, 0.717) is 5.92 Å². The first-order chi connectivity index (χ1) is 13.3. The van der Waals surface area contributed by atoms with Gasteiger partial charge in [0.1, 0.15) is 0 Å². The van der Waals surface area contributed by atoms with Gasteiger partial charge in [0.15, 0.2) is 0 Å². The van der Waals surface area contributed by atoms with Crippen LogP contribution in [-0.4, -0.2) is 67.7 Å². The summed E-state index contributed by atoms with van der Waals surface area (Å²) in [5.41, 5.74) is 2.75. The van der Waals surface area contributed by atoms with E-state index in [9.17, 15) is 0 Å². The van der Waals surface area contributed by atoms with Crippen molar-refractivity contribution in [1.29, 1.82) is 0 Å². The fraction of sp³-hybridized carbons (Fsp3) is 0.864. The van der Waals surface area contributed by atoms with Gasteiger partial charge in [0.2, 0.25) is 0 Å². The lowest BCUT2D eigenvalue weighted by Crippen LogP contribution is -2.38. The Morgan fingerprint density at radius 2 is 1.79 bits per heavy atom. The van der Waals surface area contributed by atoms with Crippen LogP contribution in [0.15, 0.2) is 6.20 Å². The summed E-state index contributed by atoms with van der Waals surface area (Å²) in [6, 6.07) is 0. The Hall–Kier alpha value is -0.950. The molecule has 0 unspecified atom stereocenters. The van der Waals surface area contributed by atoms with Gasteiger partial charge in [-0.25, -0.2) is 0 Å². The van der Waals surface area contributed by atoms with E-state index in [1.54, 1.807) is 0 Å². The van der Waals surface area contributed by atoms with E-state index < -0.39 is 0 Å². The number of ether oxygens (including phenoxy) is 2. The first kappa shape index (κ1) is 23.3. The Balaban J connectivity index is 1.98. The van der Waals surface area contributed by atoms with Gasteiger partial charge in [-0.05, 0) is 67.5 Å². The third kappa shape index (κ3) is 7.14. The topological polar surface area (TPSA) is 62.4 Å². The second-order valence-electron chi connectivity index (χ2n) is 9.13. The van der Waals surface area contributed by atoms with E-state index >= 15 is 0 Å². The first-order valence-corrected chi connectivity index (χ1v) is 10.9. The van der Waals surface area contributed by atoms with Crippen molar-refractivity contribution in [2.45, 2.75) is 78.0 Å². The highest BCUT2D eigenvalue weighted by Gasteiger charge is 2.38. The maximum atomic E-state index is 6.04. The third-order valence-corrected chi connectivity index (χ3v) is 5.82. The molecule has 162 valence electrons. The zero-order chi connectivity index (χ0) is 20.6. The molecule has 1 aromatic rings. The summed E-state index contributed by atoms with van der Waals surface area (Å²) in [6.45, 7) is 13.0. The maximum absolute atomic E-state index is 6.04. The average Bonchev–Trinajstić information content (AvgIpc) is 3.11. The summed E-state index contributed by atoms with van der Waals surface area (Å²) in [6.07, 6.45) is 7.19. The SMILES string of the molecule is CNCCN(C)Cc1c[nH]nc1C1CCC(COC(C)C)(COC(C)C)CC1. The van der Waals surface area contributed by atoms with E-state index in [0.717, 1.165) is 58.5 Å². The minimum atomic E-state index is 0.144. The van der Waals surface area contributed by atoms with Crippen LogP contribution in [-0.2, 0) is 16.0 Å². The molecule has 0 aliphatic heterocycles. The van der Waals surface area contributed by atoms with Crippen LogP contribution in [0.5, 0.6) is 0 Å². The van der Waals surface area contributed by atoms with Gasteiger partial charge >= 0.3 is 0 Å². The molecule has 6 heteroatoms. The molecule has 1 saturated carbocycles. The lowest BCUT2D eigenvalue weighted by molar-refractivity contribution is -0.0735. The number of nitrogens with one attached hydrogen (secondary N) is 2. The predicted molar refractivity (Wildman–Crippen MR) is 115 cm³/mol. The van der Waals surface area contributed by atoms with Crippen molar-refractivity contribution in [3.8, 4) is 0 Å². The summed E-state index contributed by atoms with van der Waals surface area (Å²) in [7, 11) is 4.17. The molecule has 1 fully saturated rings. The van der Waals surface area contributed by atoms with Crippen molar-refractivity contribution >= 4 is 0 Å². The number of rotatable bonds is 12. The molecular formula is C22H42N4O2. The van der Waals surface area contributed by atoms with Crippen LogP contribution < -0.4 is 5.32 Å². The molecule has 0 bridgehead atoms. The summed E-state index contributed by atoms with van der Waals surface area (Å²) in [4.78, 5) is 2.35. The number of nitrogens with zero attached hydrogens (tertiary/aromatic N) is 2. The monoisotopic (exact) mass is 394 g/mol. The Labute approximate surface area is 171 Å². The van der Waals surface area contributed by atoms with Gasteiger partial charge < -0.3 is 19.7 Å². The zero-order valence-corrected chi connectivity index (χ0v) is 18.9. The second kappa shape index (κ2) is 11.3. The summed E-state index contributed by atoms with van der Waals surface area (Å²) in [5.74, 6) is 0.533. The molecule has 2 rings (SSSR count). The highest BCUT2D eigenvalue weighted by Crippen LogP contribution is 2.44. The van der Waals surface area contributed by atoms with Gasteiger partial charge in [0, 0.05) is 42.7 Å². The standard InChI is InChI=1S/C22H42N4O2/c1-17(2)27-15-22(16-28-18(3)4)9-7-19(8-10-22)21-20(13-24-25-21)14-26(6)12-11-23-5/h13,17-19,23H,7-12,14-16H2,1-6H3,(H,24,25). The fourth-order valence-corrected chi connectivity index (χ4v) is 4.00. The molecule has 0 aromatic carbocycles. The van der Waals surface area contributed by atoms with Crippen LogP contribution in [0.3, 0.4) is 0 Å². The van der Waals surface area contributed by atoms with E-state index in [1.807, 2.05) is 7.05 Å². The largest absolute Gasteiger partial charge is 0.378 e. The first-order valence-electron chi connectivity index (χ1n) is 10.9. The van der Waals surface area contributed by atoms with Gasteiger partial charge in [-0.3, -0.25) is 5.10 Å². The van der Waals surface area contributed by atoms with Gasteiger partial charge in [0.05, 0.1) is 31.1 Å². The number of aromatic amines is 1. The van der Waals surface area contributed by atoms with Crippen molar-refractivity contribution in [1.82, 2.24) is 20.4 Å². The molecule has 2 N–H and O–H groups in total. The summed E-state index contributed by atoms with van der Waals surface area (Å²) >= 11 is 0. The average molecular weight is 395 g/mol. The lowest BCUT2D eigenvalue weighted by atomic mass is 9.70. The summed E-state index contributed by atoms with van der Waals surface area (Å²) < 4.78 is 12.1. The minimum Gasteiger partial charge on any atom is -0.378 e. The molecule has 0 saturated heterocycles. The molecule has 1 aliphatic rings. The van der Waals surface area contributed by atoms with Crippen LogP contribution in [0.1, 0.15) is 70.6 Å². The number of aromatic nitrogens is 2. The lowest BCUT2D eigenvalue weighted by Gasteiger charge is -2.40. The van der Waals surface area contributed by atoms with Crippen LogP contribution >= 0.6 is 0 Å². The smallest absolute Gasteiger partial charge is 0.0697 e. The van der Waals surface area contributed by atoms with Gasteiger partial charge in [-0.2, -0.15) is 5.10 Å². The van der Waals surface area contributed by atoms with Crippen molar-refractivity contribution in [2.24, 2.45) is 5.41 Å². The number of H-pyrrole nitrogens is 1. The van der Waals surface area contributed by atoms with Crippen molar-refractivity contribution in [2.75, 3.05) is 40.4 Å². The molecule has 0 amide bonds. The highest BCUT2D eigenvalue weighted by atomic mass is 16.5. The number of hydrogen-bond acceptors (Lipinski definition) is 5. The second-order valence-corrected chi connectivity index (χ2v) is 9.13. The van der Waals surface area contributed by atoms with Crippen molar-refractivity contribution in [3.63, 3.8) is 0 Å². The molecule has 1 aromatic heterocycles.